The van der Waals surface area contributed by atoms with Crippen LogP contribution < -0.4 is 0 Å². The summed E-state index contributed by atoms with van der Waals surface area (Å²) < 4.78 is 15.7. The Morgan fingerprint density at radius 2 is 2.08 bits per heavy atom. The second kappa shape index (κ2) is 7.09. The fraction of sp³-hybridized carbons (Fsp3) is 0.167. The van der Waals surface area contributed by atoms with E-state index in [-0.39, 0.29) is 5.76 Å². The molecule has 3 heterocycles. The molecule has 0 saturated carbocycles. The van der Waals surface area contributed by atoms with E-state index in [9.17, 15) is 4.79 Å². The predicted octanol–water partition coefficient (Wildman–Crippen LogP) is 3.81. The van der Waals surface area contributed by atoms with Gasteiger partial charge in [0.15, 0.2) is 0 Å². The fourth-order valence-electron chi connectivity index (χ4n) is 2.61. The summed E-state index contributed by atoms with van der Waals surface area (Å²) in [7, 11) is 1.31. The Labute approximate surface area is 152 Å². The molecule has 0 amide bonds. The van der Waals surface area contributed by atoms with Crippen LogP contribution in [-0.2, 0) is 16.9 Å². The number of ether oxygens (including phenoxy) is 1. The maximum Gasteiger partial charge on any atom is 0.373 e. The van der Waals surface area contributed by atoms with Crippen molar-refractivity contribution >= 4 is 28.6 Å². The van der Waals surface area contributed by atoms with Crippen molar-refractivity contribution in [3.05, 3.63) is 65.6 Å². The number of hydrogen-bond acceptors (Lipinski definition) is 7. The Morgan fingerprint density at radius 1 is 1.19 bits per heavy atom. The first-order valence-corrected chi connectivity index (χ1v) is 8.88. The number of methoxy groups -OCH3 is 1. The number of thioether (sulfide) groups is 1. The number of carbonyl (C=O) groups excluding carboxylic acids is 1. The second-order valence-electron chi connectivity index (χ2n) is 5.54. The first kappa shape index (κ1) is 16.5. The average Bonchev–Trinajstić information content (AvgIpc) is 3.40. The van der Waals surface area contributed by atoms with Gasteiger partial charge in [-0.3, -0.25) is 0 Å². The van der Waals surface area contributed by atoms with Crippen LogP contribution in [0.15, 0.2) is 56.7 Å². The lowest BCUT2D eigenvalue weighted by Crippen LogP contribution is -1.98. The van der Waals surface area contributed by atoms with Crippen molar-refractivity contribution in [2.24, 2.45) is 0 Å². The van der Waals surface area contributed by atoms with Crippen molar-refractivity contribution in [2.75, 3.05) is 7.11 Å². The normalized spacial score (nSPS) is 11.1. The monoisotopic (exact) mass is 369 g/mol. The topological polar surface area (TPSA) is 94.2 Å². The van der Waals surface area contributed by atoms with Gasteiger partial charge in [0.2, 0.25) is 11.7 Å². The molecule has 0 fully saturated rings. The highest BCUT2D eigenvalue weighted by molar-refractivity contribution is 7.98. The molecule has 132 valence electrons. The van der Waals surface area contributed by atoms with Crippen molar-refractivity contribution in [2.45, 2.75) is 17.4 Å². The molecule has 8 heteroatoms. The third kappa shape index (κ3) is 3.36. The summed E-state index contributed by atoms with van der Waals surface area (Å²) in [6.07, 6.45) is 2.52. The minimum absolute atomic E-state index is 0.175. The SMILES string of the molecule is COC(=O)c1ccc(CSc2nnc(Cc3c[nH]c4ccccc34)o2)o1. The molecule has 0 atom stereocenters. The molecule has 0 spiro atoms. The molecule has 0 radical (unpaired) electrons. The van der Waals surface area contributed by atoms with Crippen LogP contribution in [-0.4, -0.2) is 28.3 Å². The van der Waals surface area contributed by atoms with Gasteiger partial charge in [0.05, 0.1) is 19.3 Å². The summed E-state index contributed by atoms with van der Waals surface area (Å²) in [5.41, 5.74) is 2.19. The van der Waals surface area contributed by atoms with Crippen molar-refractivity contribution in [1.29, 1.82) is 0 Å². The summed E-state index contributed by atoms with van der Waals surface area (Å²) in [4.78, 5) is 14.6. The van der Waals surface area contributed by atoms with Gasteiger partial charge in [0.25, 0.3) is 5.22 Å². The standard InChI is InChI=1S/C18H15N3O4S/c1-23-17(22)15-7-6-12(24-15)10-26-18-21-20-16(25-18)8-11-9-19-14-5-3-2-4-13(11)14/h2-7,9,19H,8,10H2,1H3. The first-order valence-electron chi connectivity index (χ1n) is 7.90. The molecular formula is C18H15N3O4S. The maximum absolute atomic E-state index is 11.4. The molecule has 4 aromatic rings. The van der Waals surface area contributed by atoms with Gasteiger partial charge in [-0.25, -0.2) is 4.79 Å². The lowest BCUT2D eigenvalue weighted by Gasteiger charge is -1.95. The summed E-state index contributed by atoms with van der Waals surface area (Å²) in [6, 6.07) is 11.4. The number of nitrogens with one attached hydrogen (secondary N) is 1. The molecule has 0 unspecified atom stereocenters. The van der Waals surface area contributed by atoms with Crippen LogP contribution >= 0.6 is 11.8 Å². The first-order chi connectivity index (χ1) is 12.7. The lowest BCUT2D eigenvalue weighted by atomic mass is 10.1. The minimum atomic E-state index is -0.500. The van der Waals surface area contributed by atoms with E-state index in [1.54, 1.807) is 12.1 Å². The van der Waals surface area contributed by atoms with Crippen molar-refractivity contribution in [1.82, 2.24) is 15.2 Å². The number of esters is 1. The Kier molecular flexibility index (Phi) is 4.49. The zero-order chi connectivity index (χ0) is 17.9. The predicted molar refractivity (Wildman–Crippen MR) is 95.0 cm³/mol. The van der Waals surface area contributed by atoms with Crippen LogP contribution in [0.1, 0.15) is 27.8 Å². The molecule has 26 heavy (non-hydrogen) atoms. The number of fused-ring (bicyclic) bond motifs is 1. The summed E-state index contributed by atoms with van der Waals surface area (Å²) >= 11 is 1.35. The highest BCUT2D eigenvalue weighted by Gasteiger charge is 2.14. The Bertz CT molecular complexity index is 1050. The van der Waals surface area contributed by atoms with Gasteiger partial charge in [-0.1, -0.05) is 30.0 Å². The molecule has 1 aromatic carbocycles. The van der Waals surface area contributed by atoms with Crippen molar-refractivity contribution in [3.8, 4) is 0 Å². The van der Waals surface area contributed by atoms with Gasteiger partial charge in [0.1, 0.15) is 5.76 Å². The maximum atomic E-state index is 11.4. The quantitative estimate of drug-likeness (QED) is 0.408. The zero-order valence-corrected chi connectivity index (χ0v) is 14.7. The Balaban J connectivity index is 1.40. The number of hydrogen-bond donors (Lipinski definition) is 1. The van der Waals surface area contributed by atoms with E-state index >= 15 is 0 Å². The van der Waals surface area contributed by atoms with E-state index in [4.69, 9.17) is 8.83 Å². The summed E-state index contributed by atoms with van der Waals surface area (Å²) in [6.45, 7) is 0. The Hall–Kier alpha value is -3.00. The lowest BCUT2D eigenvalue weighted by molar-refractivity contribution is 0.0563. The molecule has 0 saturated heterocycles. The van der Waals surface area contributed by atoms with Crippen molar-refractivity contribution < 1.29 is 18.4 Å². The Morgan fingerprint density at radius 3 is 2.96 bits per heavy atom. The third-order valence-electron chi connectivity index (χ3n) is 3.85. The minimum Gasteiger partial charge on any atom is -0.463 e. The molecule has 1 N–H and O–H groups in total. The number of H-pyrrole nitrogens is 1. The smallest absolute Gasteiger partial charge is 0.373 e. The van der Waals surface area contributed by atoms with Crippen LogP contribution in [0.25, 0.3) is 10.9 Å². The van der Waals surface area contributed by atoms with Gasteiger partial charge in [0, 0.05) is 17.1 Å². The number of nitrogens with zero attached hydrogens (tertiary/aromatic N) is 2. The number of aromatic nitrogens is 3. The van der Waals surface area contributed by atoms with Crippen LogP contribution in [0.3, 0.4) is 0 Å². The molecule has 7 nitrogen and oxygen atoms in total. The highest BCUT2D eigenvalue weighted by atomic mass is 32.2. The van der Waals surface area contributed by atoms with Gasteiger partial charge < -0.3 is 18.6 Å². The summed E-state index contributed by atoms with van der Waals surface area (Å²) in [5, 5.41) is 9.75. The van der Waals surface area contributed by atoms with E-state index in [1.807, 2.05) is 24.4 Å². The average molecular weight is 369 g/mol. The van der Waals surface area contributed by atoms with Crippen LogP contribution in [0.2, 0.25) is 0 Å². The summed E-state index contributed by atoms with van der Waals surface area (Å²) in [5.74, 6) is 1.33. The molecule has 0 bridgehead atoms. The number of para-hydroxylation sites is 1. The van der Waals surface area contributed by atoms with Gasteiger partial charge >= 0.3 is 5.97 Å². The molecule has 0 aliphatic heterocycles. The molecule has 3 aromatic heterocycles. The van der Waals surface area contributed by atoms with Gasteiger partial charge in [-0.2, -0.15) is 0 Å². The third-order valence-corrected chi connectivity index (χ3v) is 4.69. The number of aromatic amines is 1. The van der Waals surface area contributed by atoms with Crippen LogP contribution in [0, 0.1) is 0 Å². The van der Waals surface area contributed by atoms with Crippen molar-refractivity contribution in [3.63, 3.8) is 0 Å². The molecule has 0 aliphatic rings. The molecule has 0 aliphatic carbocycles. The van der Waals surface area contributed by atoms with E-state index in [2.05, 4.69) is 26.0 Å². The number of carbonyl (C=O) groups is 1. The van der Waals surface area contributed by atoms with E-state index in [1.165, 1.54) is 18.9 Å². The highest BCUT2D eigenvalue weighted by Crippen LogP contribution is 2.25. The van der Waals surface area contributed by atoms with E-state index in [0.717, 1.165) is 16.5 Å². The molecule has 4 rings (SSSR count). The fourth-order valence-corrected chi connectivity index (χ4v) is 3.28. The van der Waals surface area contributed by atoms with Crippen LogP contribution in [0.5, 0.6) is 0 Å². The van der Waals surface area contributed by atoms with E-state index in [0.29, 0.717) is 29.0 Å². The zero-order valence-electron chi connectivity index (χ0n) is 13.9. The number of furan rings is 1. The molecular weight excluding hydrogens is 354 g/mol. The second-order valence-corrected chi connectivity index (χ2v) is 6.47. The van der Waals surface area contributed by atoms with E-state index < -0.39 is 5.97 Å². The van der Waals surface area contributed by atoms with Gasteiger partial charge in [-0.15, -0.1) is 10.2 Å². The van der Waals surface area contributed by atoms with Gasteiger partial charge in [-0.05, 0) is 23.8 Å². The number of rotatable bonds is 6. The number of benzene rings is 1. The largest absolute Gasteiger partial charge is 0.463 e. The van der Waals surface area contributed by atoms with Crippen LogP contribution in [0.4, 0.5) is 0 Å².